The van der Waals surface area contributed by atoms with Crippen LogP contribution in [0.2, 0.25) is 5.15 Å². The van der Waals surface area contributed by atoms with Crippen molar-refractivity contribution in [2.75, 3.05) is 5.32 Å². The normalized spacial score (nSPS) is 9.95. The zero-order valence-corrected chi connectivity index (χ0v) is 10.3. The fourth-order valence-electron chi connectivity index (χ4n) is 1.44. The van der Waals surface area contributed by atoms with Crippen LogP contribution in [0.1, 0.15) is 5.56 Å². The fraction of sp³-hybridized carbons (Fsp3) is 0. The van der Waals surface area contributed by atoms with Crippen molar-refractivity contribution < 1.29 is 4.92 Å². The van der Waals surface area contributed by atoms with Crippen LogP contribution in [0.25, 0.3) is 0 Å². The number of nitrogens with zero attached hydrogens (tertiary/aromatic N) is 3. The maximum absolute atomic E-state index is 10.7. The maximum Gasteiger partial charge on any atom is 0.271 e. The quantitative estimate of drug-likeness (QED) is 0.387. The van der Waals surface area contributed by atoms with Crippen molar-refractivity contribution in [3.63, 3.8) is 0 Å². The Balaban J connectivity index is 2.36. The minimum absolute atomic E-state index is 0.0402. The first-order chi connectivity index (χ1) is 9.11. The summed E-state index contributed by atoms with van der Waals surface area (Å²) in [5.74, 6) is 0.315. The van der Waals surface area contributed by atoms with E-state index in [9.17, 15) is 10.1 Å². The lowest BCUT2D eigenvalue weighted by atomic mass is 10.2. The fourth-order valence-corrected chi connectivity index (χ4v) is 1.62. The standard InChI is InChI=1S/C11H8ClN5O2/c12-10-9(5-13)11(15-6-14-10)16-7-2-1-3-8(4-7)17(18)19/h1-6,13H,(H,14,15,16). The van der Waals surface area contributed by atoms with Crippen LogP contribution in [0.3, 0.4) is 0 Å². The molecule has 0 bridgehead atoms. The number of non-ortho nitro benzene ring substituents is 1. The van der Waals surface area contributed by atoms with Crippen LogP contribution in [0.5, 0.6) is 0 Å². The molecule has 0 saturated heterocycles. The van der Waals surface area contributed by atoms with Gasteiger partial charge < -0.3 is 10.7 Å². The number of nitro groups is 1. The molecule has 0 saturated carbocycles. The van der Waals surface area contributed by atoms with Crippen molar-refractivity contribution in [1.29, 1.82) is 5.41 Å². The SMILES string of the molecule is N=Cc1c(Cl)ncnc1Nc1cccc([N+](=O)[O-])c1. The molecule has 1 aromatic heterocycles. The second-order valence-corrected chi connectivity index (χ2v) is 3.86. The monoisotopic (exact) mass is 277 g/mol. The first-order valence-corrected chi connectivity index (χ1v) is 5.52. The summed E-state index contributed by atoms with van der Waals surface area (Å²) in [6.45, 7) is 0. The summed E-state index contributed by atoms with van der Waals surface area (Å²) in [5.41, 5.74) is 0.754. The Morgan fingerprint density at radius 2 is 2.21 bits per heavy atom. The van der Waals surface area contributed by atoms with Crippen molar-refractivity contribution in [2.24, 2.45) is 0 Å². The Kier molecular flexibility index (Phi) is 3.67. The lowest BCUT2D eigenvalue weighted by Crippen LogP contribution is -2.01. The van der Waals surface area contributed by atoms with Gasteiger partial charge in [-0.1, -0.05) is 17.7 Å². The number of nitrogens with one attached hydrogen (secondary N) is 2. The van der Waals surface area contributed by atoms with Crippen LogP contribution in [-0.2, 0) is 0 Å². The van der Waals surface area contributed by atoms with E-state index in [1.54, 1.807) is 12.1 Å². The summed E-state index contributed by atoms with van der Waals surface area (Å²) >= 11 is 5.83. The summed E-state index contributed by atoms with van der Waals surface area (Å²) < 4.78 is 0. The third-order valence-corrected chi connectivity index (χ3v) is 2.60. The minimum Gasteiger partial charge on any atom is -0.339 e. The van der Waals surface area contributed by atoms with E-state index in [4.69, 9.17) is 17.0 Å². The molecule has 0 aliphatic carbocycles. The van der Waals surface area contributed by atoms with Gasteiger partial charge in [-0.15, -0.1) is 0 Å². The van der Waals surface area contributed by atoms with Gasteiger partial charge in [0.2, 0.25) is 0 Å². The molecule has 19 heavy (non-hydrogen) atoms. The van der Waals surface area contributed by atoms with Gasteiger partial charge in [-0.05, 0) is 6.07 Å². The second kappa shape index (κ2) is 5.40. The largest absolute Gasteiger partial charge is 0.339 e. The molecule has 1 aromatic carbocycles. The molecule has 0 fully saturated rings. The zero-order valence-electron chi connectivity index (χ0n) is 9.50. The van der Waals surface area contributed by atoms with Crippen molar-refractivity contribution in [1.82, 2.24) is 9.97 Å². The predicted molar refractivity (Wildman–Crippen MR) is 71.3 cm³/mol. The molecule has 0 amide bonds. The van der Waals surface area contributed by atoms with Crippen LogP contribution in [-0.4, -0.2) is 21.1 Å². The molecule has 2 aromatic rings. The number of hydrogen-bond donors (Lipinski definition) is 2. The van der Waals surface area contributed by atoms with Gasteiger partial charge in [-0.25, -0.2) is 9.97 Å². The number of benzene rings is 1. The summed E-state index contributed by atoms with van der Waals surface area (Å²) in [4.78, 5) is 17.9. The van der Waals surface area contributed by atoms with Gasteiger partial charge in [0.25, 0.3) is 5.69 Å². The molecular weight excluding hydrogens is 270 g/mol. The second-order valence-electron chi connectivity index (χ2n) is 3.50. The number of rotatable bonds is 4. The van der Waals surface area contributed by atoms with E-state index in [2.05, 4.69) is 15.3 Å². The van der Waals surface area contributed by atoms with Gasteiger partial charge in [0.15, 0.2) is 0 Å². The van der Waals surface area contributed by atoms with E-state index >= 15 is 0 Å². The highest BCUT2D eigenvalue weighted by atomic mass is 35.5. The lowest BCUT2D eigenvalue weighted by molar-refractivity contribution is -0.384. The highest BCUT2D eigenvalue weighted by Gasteiger charge is 2.10. The molecule has 0 radical (unpaired) electrons. The molecule has 0 aliphatic rings. The van der Waals surface area contributed by atoms with Gasteiger partial charge in [0.1, 0.15) is 17.3 Å². The summed E-state index contributed by atoms with van der Waals surface area (Å²) in [6, 6.07) is 5.95. The van der Waals surface area contributed by atoms with E-state index in [-0.39, 0.29) is 10.8 Å². The van der Waals surface area contributed by atoms with Crippen LogP contribution in [0, 0.1) is 15.5 Å². The number of anilines is 2. The molecule has 0 atom stereocenters. The Labute approximate surface area is 112 Å². The first kappa shape index (κ1) is 12.9. The number of hydrogen-bond acceptors (Lipinski definition) is 6. The first-order valence-electron chi connectivity index (χ1n) is 5.14. The predicted octanol–water partition coefficient (Wildman–Crippen LogP) is 2.78. The molecule has 1 heterocycles. The smallest absolute Gasteiger partial charge is 0.271 e. The van der Waals surface area contributed by atoms with Gasteiger partial charge in [-0.3, -0.25) is 10.1 Å². The molecule has 0 unspecified atom stereocenters. The van der Waals surface area contributed by atoms with Gasteiger partial charge in [0.05, 0.1) is 10.5 Å². The Morgan fingerprint density at radius 1 is 1.42 bits per heavy atom. The van der Waals surface area contributed by atoms with Crippen molar-refractivity contribution in [2.45, 2.75) is 0 Å². The van der Waals surface area contributed by atoms with Gasteiger partial charge in [-0.2, -0.15) is 0 Å². The van der Waals surface area contributed by atoms with E-state index in [1.807, 2.05) is 0 Å². The summed E-state index contributed by atoms with van der Waals surface area (Å²) in [7, 11) is 0. The topological polar surface area (TPSA) is 105 Å². The highest BCUT2D eigenvalue weighted by Crippen LogP contribution is 2.24. The third-order valence-electron chi connectivity index (χ3n) is 2.30. The molecule has 7 nitrogen and oxygen atoms in total. The van der Waals surface area contributed by atoms with Crippen molar-refractivity contribution in [3.05, 3.63) is 51.4 Å². The molecule has 96 valence electrons. The maximum atomic E-state index is 10.7. The van der Waals surface area contributed by atoms with Gasteiger partial charge >= 0.3 is 0 Å². The Hall–Kier alpha value is -2.54. The van der Waals surface area contributed by atoms with E-state index in [0.29, 0.717) is 17.1 Å². The average Bonchev–Trinajstić information content (AvgIpc) is 2.39. The third kappa shape index (κ3) is 2.83. The number of nitro benzene ring substituents is 1. The molecule has 0 spiro atoms. The lowest BCUT2D eigenvalue weighted by Gasteiger charge is -2.08. The molecule has 0 aliphatic heterocycles. The highest BCUT2D eigenvalue weighted by molar-refractivity contribution is 6.32. The molecular formula is C11H8ClN5O2. The van der Waals surface area contributed by atoms with Gasteiger partial charge in [0, 0.05) is 24.0 Å². The van der Waals surface area contributed by atoms with Crippen LogP contribution in [0.4, 0.5) is 17.2 Å². The zero-order chi connectivity index (χ0) is 13.8. The van der Waals surface area contributed by atoms with E-state index in [0.717, 1.165) is 6.21 Å². The molecule has 2 N–H and O–H groups in total. The van der Waals surface area contributed by atoms with Crippen LogP contribution in [0.15, 0.2) is 30.6 Å². The average molecular weight is 278 g/mol. The van der Waals surface area contributed by atoms with Crippen LogP contribution >= 0.6 is 11.6 Å². The van der Waals surface area contributed by atoms with Crippen LogP contribution < -0.4 is 5.32 Å². The summed E-state index contributed by atoms with van der Waals surface area (Å²) in [6.07, 6.45) is 2.26. The molecule has 2 rings (SSSR count). The van der Waals surface area contributed by atoms with E-state index in [1.165, 1.54) is 18.5 Å². The minimum atomic E-state index is -0.490. The van der Waals surface area contributed by atoms with Crippen molar-refractivity contribution in [3.8, 4) is 0 Å². The Bertz CT molecular complexity index is 647. The van der Waals surface area contributed by atoms with Crippen molar-refractivity contribution >= 4 is 35.0 Å². The molecule has 8 heteroatoms. The van der Waals surface area contributed by atoms with E-state index < -0.39 is 4.92 Å². The number of aromatic nitrogens is 2. The Morgan fingerprint density at radius 3 is 2.89 bits per heavy atom. The summed E-state index contributed by atoms with van der Waals surface area (Å²) in [5, 5.41) is 20.9. The number of halogens is 1.